The quantitative estimate of drug-likeness (QED) is 0.379. The molecule has 0 unspecified atom stereocenters. The molecule has 3 heterocycles. The van der Waals surface area contributed by atoms with Crippen LogP contribution in [-0.4, -0.2) is 39.2 Å². The molecule has 0 bridgehead atoms. The van der Waals surface area contributed by atoms with Crippen LogP contribution in [0.3, 0.4) is 0 Å². The minimum atomic E-state index is -0.217. The largest absolute Gasteiger partial charge is 0.324 e. The lowest BCUT2D eigenvalue weighted by atomic mass is 9.82. The van der Waals surface area contributed by atoms with Gasteiger partial charge in [0.15, 0.2) is 0 Å². The highest BCUT2D eigenvalue weighted by Crippen LogP contribution is 2.40. The predicted molar refractivity (Wildman–Crippen MR) is 144 cm³/mol. The lowest BCUT2D eigenvalue weighted by molar-refractivity contribution is 0.0722. The summed E-state index contributed by atoms with van der Waals surface area (Å²) in [5.41, 5.74) is 4.56. The lowest BCUT2D eigenvalue weighted by Crippen LogP contribution is -2.50. The van der Waals surface area contributed by atoms with Crippen molar-refractivity contribution in [1.82, 2.24) is 14.9 Å². The Labute approximate surface area is 220 Å². The summed E-state index contributed by atoms with van der Waals surface area (Å²) < 4.78 is 0. The van der Waals surface area contributed by atoms with Crippen molar-refractivity contribution in [2.24, 2.45) is 0 Å². The van der Waals surface area contributed by atoms with Gasteiger partial charge in [0.25, 0.3) is 5.91 Å². The summed E-state index contributed by atoms with van der Waals surface area (Å²) in [6, 6.07) is 12.2. The van der Waals surface area contributed by atoms with Crippen LogP contribution in [0.4, 0.5) is 17.3 Å². The number of benzene rings is 2. The molecule has 0 fully saturated rings. The van der Waals surface area contributed by atoms with E-state index in [4.69, 9.17) is 23.2 Å². The van der Waals surface area contributed by atoms with Gasteiger partial charge in [0.1, 0.15) is 5.03 Å². The Morgan fingerprint density at radius 1 is 1.14 bits per heavy atom. The smallest absolute Gasteiger partial charge is 0.263 e. The van der Waals surface area contributed by atoms with E-state index in [1.807, 2.05) is 0 Å². The maximum absolute atomic E-state index is 13.2. The number of anilines is 3. The maximum atomic E-state index is 13.2. The molecule has 0 spiro atoms. The molecule has 9 heteroatoms. The van der Waals surface area contributed by atoms with E-state index < -0.39 is 0 Å². The number of rotatable bonds is 4. The Kier molecular flexibility index (Phi) is 6.46. The van der Waals surface area contributed by atoms with Gasteiger partial charge in [-0.15, -0.1) is 0 Å². The number of carbonyl (C=O) groups excluding carboxylic acids is 1. The van der Waals surface area contributed by atoms with Gasteiger partial charge >= 0.3 is 0 Å². The van der Waals surface area contributed by atoms with E-state index in [1.54, 1.807) is 29.3 Å². The number of nitrogens with one attached hydrogen (secondary N) is 1. The molecule has 2 aliphatic heterocycles. The number of nitrogens with zero attached hydrogens (tertiary/aromatic N) is 4. The molecule has 0 saturated heterocycles. The maximum Gasteiger partial charge on any atom is 0.263 e. The van der Waals surface area contributed by atoms with Gasteiger partial charge in [-0.25, -0.2) is 9.97 Å². The van der Waals surface area contributed by atoms with Crippen molar-refractivity contribution in [3.05, 3.63) is 69.3 Å². The zero-order valence-electron chi connectivity index (χ0n) is 20.1. The van der Waals surface area contributed by atoms with Gasteiger partial charge in [-0.2, -0.15) is 0 Å². The fourth-order valence-corrected chi connectivity index (χ4v) is 6.65. The third-order valence-electron chi connectivity index (χ3n) is 6.75. The predicted octanol–water partition coefficient (Wildman–Crippen LogP) is 6.74. The second kappa shape index (κ2) is 9.28. The molecule has 0 radical (unpaired) electrons. The summed E-state index contributed by atoms with van der Waals surface area (Å²) in [6.45, 7) is 10.1. The first-order valence-corrected chi connectivity index (χ1v) is 13.3. The zero-order valence-corrected chi connectivity index (χ0v) is 22.4. The Morgan fingerprint density at radius 3 is 2.60 bits per heavy atom. The minimum Gasteiger partial charge on any atom is -0.324 e. The van der Waals surface area contributed by atoms with Crippen molar-refractivity contribution in [3.63, 3.8) is 0 Å². The molecule has 0 aliphatic carbocycles. The first kappa shape index (κ1) is 24.4. The van der Waals surface area contributed by atoms with E-state index in [1.165, 1.54) is 22.9 Å². The number of hydrogen-bond donors (Lipinski definition) is 1. The van der Waals surface area contributed by atoms with Crippen LogP contribution in [0.1, 0.15) is 49.2 Å². The first-order chi connectivity index (χ1) is 16.7. The van der Waals surface area contributed by atoms with Crippen LogP contribution in [0.15, 0.2) is 47.6 Å². The molecule has 0 atom stereocenters. The van der Waals surface area contributed by atoms with Crippen molar-refractivity contribution in [1.29, 1.82) is 0 Å². The number of halogens is 2. The summed E-state index contributed by atoms with van der Waals surface area (Å²) in [7, 11) is 0. The summed E-state index contributed by atoms with van der Waals surface area (Å²) in [5, 5.41) is 4.83. The van der Waals surface area contributed by atoms with Crippen molar-refractivity contribution in [2.75, 3.05) is 22.6 Å². The van der Waals surface area contributed by atoms with Crippen LogP contribution in [-0.2, 0) is 12.0 Å². The first-order valence-electron chi connectivity index (χ1n) is 11.6. The summed E-state index contributed by atoms with van der Waals surface area (Å²) in [6.07, 6.45) is 2.57. The number of fused-ring (bicyclic) bond motifs is 2. The van der Waals surface area contributed by atoms with Crippen LogP contribution < -0.4 is 10.2 Å². The Balaban J connectivity index is 1.38. The number of para-hydroxylation sites is 1. The highest BCUT2D eigenvalue weighted by atomic mass is 35.5. The van der Waals surface area contributed by atoms with Gasteiger partial charge < -0.3 is 5.32 Å². The van der Waals surface area contributed by atoms with Gasteiger partial charge in [-0.1, -0.05) is 47.1 Å². The van der Waals surface area contributed by atoms with E-state index in [0.29, 0.717) is 44.2 Å². The van der Waals surface area contributed by atoms with E-state index in [2.05, 4.69) is 66.1 Å². The molecular formula is C26H27Cl2N5OS. The van der Waals surface area contributed by atoms with Gasteiger partial charge in [-0.05, 0) is 69.5 Å². The average Bonchev–Trinajstić information content (AvgIpc) is 2.80. The second-order valence-electron chi connectivity index (χ2n) is 9.58. The van der Waals surface area contributed by atoms with Gasteiger partial charge in [0.05, 0.1) is 27.2 Å². The summed E-state index contributed by atoms with van der Waals surface area (Å²) in [4.78, 5) is 26.3. The van der Waals surface area contributed by atoms with Crippen LogP contribution in [0.25, 0.3) is 0 Å². The molecular weight excluding hydrogens is 501 g/mol. The monoisotopic (exact) mass is 527 g/mol. The number of thioether (sulfide) groups is 1. The topological polar surface area (TPSA) is 61.4 Å². The van der Waals surface area contributed by atoms with Gasteiger partial charge in [-0.3, -0.25) is 14.6 Å². The molecule has 5 rings (SSSR count). The molecule has 1 amide bonds. The van der Waals surface area contributed by atoms with Crippen LogP contribution in [0.5, 0.6) is 0 Å². The lowest BCUT2D eigenvalue weighted by Gasteiger charge is -2.46. The van der Waals surface area contributed by atoms with E-state index in [-0.39, 0.29) is 11.4 Å². The van der Waals surface area contributed by atoms with Crippen LogP contribution in [0, 0.1) is 0 Å². The van der Waals surface area contributed by atoms with Crippen LogP contribution in [0.2, 0.25) is 10.0 Å². The molecule has 1 aromatic heterocycles. The third kappa shape index (κ3) is 4.40. The fraction of sp³-hybridized carbons (Fsp3) is 0.346. The van der Waals surface area contributed by atoms with Crippen molar-refractivity contribution < 1.29 is 4.79 Å². The zero-order chi connectivity index (χ0) is 24.9. The van der Waals surface area contributed by atoms with Crippen molar-refractivity contribution >= 4 is 58.2 Å². The Bertz CT molecular complexity index is 1290. The van der Waals surface area contributed by atoms with E-state index >= 15 is 0 Å². The molecule has 6 nitrogen and oxygen atoms in total. The normalized spacial score (nSPS) is 17.3. The van der Waals surface area contributed by atoms with Crippen molar-refractivity contribution in [3.8, 4) is 0 Å². The number of aromatic nitrogens is 2. The minimum absolute atomic E-state index is 0.0178. The number of hydrogen-bond acceptors (Lipinski definition) is 6. The molecule has 1 N–H and O–H groups in total. The second-order valence-corrected chi connectivity index (χ2v) is 11.3. The molecule has 35 heavy (non-hydrogen) atoms. The highest BCUT2D eigenvalue weighted by molar-refractivity contribution is 7.99. The molecule has 0 saturated carbocycles. The van der Waals surface area contributed by atoms with E-state index in [0.717, 1.165) is 18.7 Å². The molecule has 182 valence electrons. The van der Waals surface area contributed by atoms with Gasteiger partial charge in [0, 0.05) is 30.0 Å². The summed E-state index contributed by atoms with van der Waals surface area (Å²) >= 11 is 14.1. The molecule has 2 aliphatic rings. The molecule has 3 aromatic rings. The Hall–Kier alpha value is -2.32. The SMILES string of the molecule is CC(C)N1CCc2cc(Nc3ncc4c(n3)SCN(c3c(Cl)cccc3Cl)C4=O)ccc2C1(C)C. The van der Waals surface area contributed by atoms with E-state index in [9.17, 15) is 4.79 Å². The number of amides is 1. The third-order valence-corrected chi connectivity index (χ3v) is 8.33. The Morgan fingerprint density at radius 2 is 1.89 bits per heavy atom. The molecule has 2 aromatic carbocycles. The van der Waals surface area contributed by atoms with Gasteiger partial charge in [0.2, 0.25) is 5.95 Å². The van der Waals surface area contributed by atoms with Crippen LogP contribution >= 0.6 is 35.0 Å². The fourth-order valence-electron chi connectivity index (χ4n) is 5.11. The summed E-state index contributed by atoms with van der Waals surface area (Å²) in [5.74, 6) is 0.615. The number of carbonyl (C=O) groups is 1. The average molecular weight is 529 g/mol. The standard InChI is InChI=1S/C26H27Cl2N5OS/c1-15(2)33-11-10-16-12-17(8-9-19(16)26(33,3)4)30-25-29-13-18-23(31-25)35-14-32(24(18)34)22-20(27)6-5-7-21(22)28/h5-9,12-13,15H,10-11,14H2,1-4H3,(H,29,30,31). The highest BCUT2D eigenvalue weighted by Gasteiger charge is 2.36. The van der Waals surface area contributed by atoms with Crippen molar-refractivity contribution in [2.45, 2.75) is 50.7 Å².